The van der Waals surface area contributed by atoms with Gasteiger partial charge in [-0.15, -0.1) is 0 Å². The molecule has 2 aromatic carbocycles. The Labute approximate surface area is 182 Å². The van der Waals surface area contributed by atoms with Gasteiger partial charge in [0.2, 0.25) is 0 Å². The maximum Gasteiger partial charge on any atom is 0.254 e. The number of thiazole rings is 1. The number of ether oxygens (including phenoxy) is 1. The van der Waals surface area contributed by atoms with E-state index in [0.717, 1.165) is 42.3 Å². The molecule has 4 rings (SSSR count). The van der Waals surface area contributed by atoms with Crippen LogP contribution in [-0.4, -0.2) is 48.6 Å². The summed E-state index contributed by atoms with van der Waals surface area (Å²) in [5.74, 6) is 0.846. The van der Waals surface area contributed by atoms with Crippen LogP contribution >= 0.6 is 11.3 Å². The molecule has 0 bridgehead atoms. The second kappa shape index (κ2) is 9.04. The lowest BCUT2D eigenvalue weighted by molar-refractivity contribution is 0.0746. The minimum atomic E-state index is 0.0751. The summed E-state index contributed by atoms with van der Waals surface area (Å²) in [6, 6.07) is 11.9. The van der Waals surface area contributed by atoms with E-state index < -0.39 is 0 Å². The van der Waals surface area contributed by atoms with Crippen LogP contribution in [0.1, 0.15) is 41.3 Å². The number of nitrogens with zero attached hydrogens (tertiary/aromatic N) is 3. The summed E-state index contributed by atoms with van der Waals surface area (Å²) in [6.07, 6.45) is 2.11. The zero-order valence-electron chi connectivity index (χ0n) is 18.0. The second-order valence-electron chi connectivity index (χ2n) is 7.91. The molecule has 1 aliphatic heterocycles. The van der Waals surface area contributed by atoms with E-state index in [1.165, 1.54) is 15.8 Å². The van der Waals surface area contributed by atoms with Crippen molar-refractivity contribution in [3.8, 4) is 5.75 Å². The van der Waals surface area contributed by atoms with Crippen molar-refractivity contribution in [3.05, 3.63) is 53.1 Å². The third-order valence-electron chi connectivity index (χ3n) is 5.68. The predicted molar refractivity (Wildman–Crippen MR) is 124 cm³/mol. The number of hydrogen-bond donors (Lipinski definition) is 0. The van der Waals surface area contributed by atoms with Gasteiger partial charge in [-0.3, -0.25) is 4.79 Å². The maximum absolute atomic E-state index is 13.0. The highest BCUT2D eigenvalue weighted by molar-refractivity contribution is 7.22. The van der Waals surface area contributed by atoms with E-state index in [1.54, 1.807) is 11.3 Å². The van der Waals surface area contributed by atoms with Crippen LogP contribution in [0.2, 0.25) is 0 Å². The van der Waals surface area contributed by atoms with E-state index in [2.05, 4.69) is 37.8 Å². The largest absolute Gasteiger partial charge is 0.494 e. The molecule has 0 radical (unpaired) electrons. The first kappa shape index (κ1) is 20.7. The first-order valence-electron chi connectivity index (χ1n) is 10.7. The fourth-order valence-electron chi connectivity index (χ4n) is 3.64. The van der Waals surface area contributed by atoms with Gasteiger partial charge in [-0.25, -0.2) is 4.98 Å². The lowest BCUT2D eigenvalue weighted by Gasteiger charge is -2.34. The zero-order chi connectivity index (χ0) is 21.1. The van der Waals surface area contributed by atoms with Crippen LogP contribution in [0.4, 0.5) is 5.13 Å². The van der Waals surface area contributed by atoms with Gasteiger partial charge in [-0.05, 0) is 61.7 Å². The van der Waals surface area contributed by atoms with Gasteiger partial charge >= 0.3 is 0 Å². The van der Waals surface area contributed by atoms with Crippen LogP contribution in [0, 0.1) is 13.8 Å². The topological polar surface area (TPSA) is 45.7 Å². The van der Waals surface area contributed by atoms with Crippen molar-refractivity contribution < 1.29 is 9.53 Å². The highest BCUT2D eigenvalue weighted by atomic mass is 32.1. The quantitative estimate of drug-likeness (QED) is 0.520. The average molecular weight is 424 g/mol. The smallest absolute Gasteiger partial charge is 0.254 e. The number of hydrogen-bond acceptors (Lipinski definition) is 5. The molecule has 0 aliphatic carbocycles. The summed E-state index contributed by atoms with van der Waals surface area (Å²) < 4.78 is 6.99. The molecule has 6 heteroatoms. The molecular weight excluding hydrogens is 394 g/mol. The molecule has 1 aliphatic rings. The fraction of sp³-hybridized carbons (Fsp3) is 0.417. The van der Waals surface area contributed by atoms with Gasteiger partial charge in [-0.2, -0.15) is 0 Å². The lowest BCUT2D eigenvalue weighted by atomic mass is 10.1. The molecule has 0 unspecified atom stereocenters. The van der Waals surface area contributed by atoms with Crippen LogP contribution in [0.3, 0.4) is 0 Å². The van der Waals surface area contributed by atoms with E-state index >= 15 is 0 Å². The highest BCUT2D eigenvalue weighted by Crippen LogP contribution is 2.31. The molecule has 0 atom stereocenters. The molecule has 5 nitrogen and oxygen atoms in total. The normalized spacial score (nSPS) is 14.4. The Morgan fingerprint density at radius 2 is 1.87 bits per heavy atom. The number of amides is 1. The summed E-state index contributed by atoms with van der Waals surface area (Å²) in [7, 11) is 0. The molecule has 158 valence electrons. The summed E-state index contributed by atoms with van der Waals surface area (Å²) in [4.78, 5) is 22.0. The second-order valence-corrected chi connectivity index (χ2v) is 8.92. The van der Waals surface area contributed by atoms with Gasteiger partial charge in [0.25, 0.3) is 5.91 Å². The van der Waals surface area contributed by atoms with Crippen LogP contribution in [0.5, 0.6) is 5.75 Å². The lowest BCUT2D eigenvalue weighted by Crippen LogP contribution is -2.48. The molecular formula is C24H29N3O2S. The fourth-order valence-corrected chi connectivity index (χ4v) is 4.74. The Balaban J connectivity index is 1.39. The van der Waals surface area contributed by atoms with Crippen molar-refractivity contribution in [1.29, 1.82) is 0 Å². The predicted octanol–water partition coefficient (Wildman–Crippen LogP) is 5.05. The van der Waals surface area contributed by atoms with E-state index in [1.807, 2.05) is 29.2 Å². The molecule has 30 heavy (non-hydrogen) atoms. The standard InChI is InChI=1S/C24H29N3O2S/c1-4-5-13-29-20-8-6-7-19(16-20)23(28)26-9-11-27(12-10-26)24-25-21-14-17(2)18(3)15-22(21)30-24/h6-8,14-16H,4-5,9-13H2,1-3H3. The number of fused-ring (bicyclic) bond motifs is 1. The van der Waals surface area contributed by atoms with Gasteiger partial charge in [0.05, 0.1) is 16.8 Å². The Kier molecular flexibility index (Phi) is 6.23. The number of anilines is 1. The number of piperazine rings is 1. The summed E-state index contributed by atoms with van der Waals surface area (Å²) in [6.45, 7) is 10.1. The number of carbonyl (C=O) groups is 1. The summed E-state index contributed by atoms with van der Waals surface area (Å²) in [5, 5.41) is 1.05. The molecule has 1 saturated heterocycles. The average Bonchev–Trinajstić information content (AvgIpc) is 3.17. The monoisotopic (exact) mass is 423 g/mol. The van der Waals surface area contributed by atoms with E-state index in [-0.39, 0.29) is 5.91 Å². The minimum Gasteiger partial charge on any atom is -0.494 e. The van der Waals surface area contributed by atoms with Crippen molar-refractivity contribution in [2.75, 3.05) is 37.7 Å². The number of unbranched alkanes of at least 4 members (excludes halogenated alkanes) is 1. The summed E-state index contributed by atoms with van der Waals surface area (Å²) >= 11 is 1.74. The number of aromatic nitrogens is 1. The van der Waals surface area contributed by atoms with Crippen molar-refractivity contribution >= 4 is 32.6 Å². The van der Waals surface area contributed by atoms with Crippen molar-refractivity contribution in [2.45, 2.75) is 33.6 Å². The number of aryl methyl sites for hydroxylation is 2. The Morgan fingerprint density at radius 1 is 1.10 bits per heavy atom. The van der Waals surface area contributed by atoms with E-state index in [4.69, 9.17) is 9.72 Å². The molecule has 1 amide bonds. The van der Waals surface area contributed by atoms with Gasteiger partial charge in [-0.1, -0.05) is 30.7 Å². The first-order valence-corrected chi connectivity index (χ1v) is 11.5. The van der Waals surface area contributed by atoms with Crippen LogP contribution in [0.15, 0.2) is 36.4 Å². The van der Waals surface area contributed by atoms with Crippen molar-refractivity contribution in [2.24, 2.45) is 0 Å². The van der Waals surface area contributed by atoms with Gasteiger partial charge in [0, 0.05) is 31.7 Å². The van der Waals surface area contributed by atoms with E-state index in [0.29, 0.717) is 25.3 Å². The molecule has 1 aromatic heterocycles. The Hall–Kier alpha value is -2.60. The Bertz CT molecular complexity index is 999. The van der Waals surface area contributed by atoms with Gasteiger partial charge in [0.1, 0.15) is 5.75 Å². The first-order chi connectivity index (χ1) is 14.5. The minimum absolute atomic E-state index is 0.0751. The molecule has 3 aromatic rings. The molecule has 2 heterocycles. The third-order valence-corrected chi connectivity index (χ3v) is 6.76. The Morgan fingerprint density at radius 3 is 2.63 bits per heavy atom. The summed E-state index contributed by atoms with van der Waals surface area (Å²) in [5.41, 5.74) is 4.34. The number of rotatable bonds is 6. The van der Waals surface area contributed by atoms with Crippen LogP contribution < -0.4 is 9.64 Å². The zero-order valence-corrected chi connectivity index (χ0v) is 18.8. The molecule has 0 saturated carbocycles. The van der Waals surface area contributed by atoms with Crippen molar-refractivity contribution in [3.63, 3.8) is 0 Å². The molecule has 1 fully saturated rings. The SMILES string of the molecule is CCCCOc1cccc(C(=O)N2CCN(c3nc4cc(C)c(C)cc4s3)CC2)c1. The highest BCUT2D eigenvalue weighted by Gasteiger charge is 2.24. The number of carbonyl (C=O) groups excluding carboxylic acids is 1. The number of benzene rings is 2. The van der Waals surface area contributed by atoms with Crippen LogP contribution in [0.25, 0.3) is 10.2 Å². The van der Waals surface area contributed by atoms with Gasteiger partial charge in [0.15, 0.2) is 5.13 Å². The maximum atomic E-state index is 13.0. The van der Waals surface area contributed by atoms with E-state index in [9.17, 15) is 4.79 Å². The molecule has 0 spiro atoms. The molecule has 0 N–H and O–H groups in total. The van der Waals surface area contributed by atoms with Crippen molar-refractivity contribution in [1.82, 2.24) is 9.88 Å². The van der Waals surface area contributed by atoms with Gasteiger partial charge < -0.3 is 14.5 Å². The third kappa shape index (κ3) is 4.43. The van der Waals surface area contributed by atoms with Crippen LogP contribution in [-0.2, 0) is 0 Å².